The minimum absolute atomic E-state index is 0.00120. The highest BCUT2D eigenvalue weighted by Gasteiger charge is 2.12. The lowest BCUT2D eigenvalue weighted by atomic mass is 9.91. The first-order valence-electron chi connectivity index (χ1n) is 4.86. The van der Waals surface area contributed by atoms with Crippen molar-refractivity contribution in [3.63, 3.8) is 0 Å². The molecule has 0 amide bonds. The molecule has 0 fully saturated rings. The normalized spacial score (nSPS) is 12.5. The van der Waals surface area contributed by atoms with Crippen LogP contribution in [0.5, 0.6) is 0 Å². The van der Waals surface area contributed by atoms with E-state index in [0.717, 1.165) is 18.0 Å². The third-order valence-electron chi connectivity index (χ3n) is 2.47. The van der Waals surface area contributed by atoms with E-state index in [1.54, 1.807) is 0 Å². The maximum atomic E-state index is 10.8. The van der Waals surface area contributed by atoms with E-state index in [1.165, 1.54) is 16.7 Å². The summed E-state index contributed by atoms with van der Waals surface area (Å²) in [6, 6.07) is 6.22. The molecule has 0 N–H and O–H groups in total. The van der Waals surface area contributed by atoms with E-state index in [1.807, 2.05) is 6.92 Å². The Morgan fingerprint density at radius 3 is 2.57 bits per heavy atom. The molecule has 0 saturated heterocycles. The topological polar surface area (TPSA) is 17.1 Å². The zero-order valence-electron chi connectivity index (χ0n) is 8.59. The standard InChI is InChI=1S/C12H15BrO/c1-3-10-5-4-6-11(7-13)12(10)9(2)8-14/h4-6,8-9H,3,7H2,1-2H3. The van der Waals surface area contributed by atoms with Gasteiger partial charge in [-0.2, -0.15) is 0 Å². The maximum absolute atomic E-state index is 10.8. The highest BCUT2D eigenvalue weighted by Crippen LogP contribution is 2.25. The Hall–Kier alpha value is -0.630. The Bertz CT molecular complexity index is 298. The Balaban J connectivity index is 3.25. The molecule has 76 valence electrons. The zero-order chi connectivity index (χ0) is 10.6. The second kappa shape index (κ2) is 5.30. The highest BCUT2D eigenvalue weighted by molar-refractivity contribution is 9.08. The van der Waals surface area contributed by atoms with Crippen molar-refractivity contribution < 1.29 is 4.79 Å². The molecule has 0 bridgehead atoms. The predicted octanol–water partition coefficient (Wildman–Crippen LogP) is 3.45. The van der Waals surface area contributed by atoms with Gasteiger partial charge in [-0.15, -0.1) is 0 Å². The van der Waals surface area contributed by atoms with Gasteiger partial charge in [0.05, 0.1) is 0 Å². The number of benzene rings is 1. The van der Waals surface area contributed by atoms with E-state index in [-0.39, 0.29) is 5.92 Å². The Morgan fingerprint density at radius 2 is 2.07 bits per heavy atom. The summed E-state index contributed by atoms with van der Waals surface area (Å²) in [6.07, 6.45) is 2.00. The molecule has 1 nitrogen and oxygen atoms in total. The van der Waals surface area contributed by atoms with Crippen molar-refractivity contribution in [2.45, 2.75) is 31.5 Å². The predicted molar refractivity (Wildman–Crippen MR) is 62.9 cm³/mol. The van der Waals surface area contributed by atoms with Crippen LogP contribution in [0.2, 0.25) is 0 Å². The summed E-state index contributed by atoms with van der Waals surface area (Å²) in [5.41, 5.74) is 3.70. The Labute approximate surface area is 93.7 Å². The first kappa shape index (κ1) is 11.4. The van der Waals surface area contributed by atoms with E-state index in [0.29, 0.717) is 0 Å². The van der Waals surface area contributed by atoms with Crippen LogP contribution in [0.4, 0.5) is 0 Å². The van der Waals surface area contributed by atoms with Gasteiger partial charge in [-0.05, 0) is 23.1 Å². The summed E-state index contributed by atoms with van der Waals surface area (Å²) < 4.78 is 0. The SMILES string of the molecule is CCc1cccc(CBr)c1C(C)C=O. The van der Waals surface area contributed by atoms with Gasteiger partial charge in [0.15, 0.2) is 0 Å². The van der Waals surface area contributed by atoms with Crippen LogP contribution >= 0.6 is 15.9 Å². The third kappa shape index (κ3) is 2.24. The highest BCUT2D eigenvalue weighted by atomic mass is 79.9. The van der Waals surface area contributed by atoms with Gasteiger partial charge in [-0.25, -0.2) is 0 Å². The molecule has 1 aromatic rings. The first-order valence-corrected chi connectivity index (χ1v) is 5.98. The number of halogens is 1. The largest absolute Gasteiger partial charge is 0.303 e. The molecule has 1 rings (SSSR count). The number of hydrogen-bond acceptors (Lipinski definition) is 1. The van der Waals surface area contributed by atoms with Gasteiger partial charge in [-0.3, -0.25) is 0 Å². The molecule has 0 radical (unpaired) electrons. The van der Waals surface area contributed by atoms with Crippen molar-refractivity contribution in [2.75, 3.05) is 0 Å². The van der Waals surface area contributed by atoms with E-state index in [4.69, 9.17) is 0 Å². The van der Waals surface area contributed by atoms with Crippen LogP contribution < -0.4 is 0 Å². The summed E-state index contributed by atoms with van der Waals surface area (Å²) in [6.45, 7) is 4.07. The molecule has 0 aliphatic rings. The van der Waals surface area contributed by atoms with Crippen LogP contribution in [0, 0.1) is 0 Å². The molecule has 0 aliphatic heterocycles. The fourth-order valence-electron chi connectivity index (χ4n) is 1.74. The van der Waals surface area contributed by atoms with Crippen molar-refractivity contribution in [1.82, 2.24) is 0 Å². The van der Waals surface area contributed by atoms with Gasteiger partial charge in [0.25, 0.3) is 0 Å². The van der Waals surface area contributed by atoms with Crippen LogP contribution in [0.25, 0.3) is 0 Å². The van der Waals surface area contributed by atoms with E-state index < -0.39 is 0 Å². The summed E-state index contributed by atoms with van der Waals surface area (Å²) in [5, 5.41) is 0.814. The van der Waals surface area contributed by atoms with E-state index >= 15 is 0 Å². The molecule has 2 heteroatoms. The zero-order valence-corrected chi connectivity index (χ0v) is 10.2. The van der Waals surface area contributed by atoms with Crippen LogP contribution in [0.1, 0.15) is 36.5 Å². The van der Waals surface area contributed by atoms with Gasteiger partial charge in [0.2, 0.25) is 0 Å². The van der Waals surface area contributed by atoms with Crippen molar-refractivity contribution in [3.8, 4) is 0 Å². The molecule has 0 aromatic heterocycles. The number of carbonyl (C=O) groups excluding carboxylic acids is 1. The molecule has 1 atom stereocenters. The number of rotatable bonds is 4. The number of aldehydes is 1. The smallest absolute Gasteiger partial charge is 0.127 e. The van der Waals surface area contributed by atoms with E-state index in [2.05, 4.69) is 41.1 Å². The Morgan fingerprint density at radius 1 is 1.43 bits per heavy atom. The minimum atomic E-state index is -0.00120. The monoisotopic (exact) mass is 254 g/mol. The molecule has 1 aromatic carbocycles. The molecule has 0 saturated carbocycles. The van der Waals surface area contributed by atoms with Crippen LogP contribution in [-0.4, -0.2) is 6.29 Å². The van der Waals surface area contributed by atoms with Crippen LogP contribution in [0.3, 0.4) is 0 Å². The maximum Gasteiger partial charge on any atom is 0.127 e. The summed E-state index contributed by atoms with van der Waals surface area (Å²) in [7, 11) is 0. The summed E-state index contributed by atoms with van der Waals surface area (Å²) in [5.74, 6) is -0.00120. The molecular formula is C12H15BrO. The molecule has 1 unspecified atom stereocenters. The molecule has 14 heavy (non-hydrogen) atoms. The average molecular weight is 255 g/mol. The number of alkyl halides is 1. The molecule has 0 heterocycles. The quantitative estimate of drug-likeness (QED) is 0.595. The lowest BCUT2D eigenvalue weighted by Gasteiger charge is -2.14. The summed E-state index contributed by atoms with van der Waals surface area (Å²) >= 11 is 3.45. The molecule has 0 aliphatic carbocycles. The van der Waals surface area contributed by atoms with Gasteiger partial charge in [-0.1, -0.05) is 48.0 Å². The molecular weight excluding hydrogens is 240 g/mol. The van der Waals surface area contributed by atoms with Crippen molar-refractivity contribution >= 4 is 22.2 Å². The van der Waals surface area contributed by atoms with Gasteiger partial charge in [0, 0.05) is 11.2 Å². The number of aryl methyl sites for hydroxylation is 1. The first-order chi connectivity index (χ1) is 6.74. The Kier molecular flexibility index (Phi) is 4.33. The van der Waals surface area contributed by atoms with Crippen molar-refractivity contribution in [2.24, 2.45) is 0 Å². The van der Waals surface area contributed by atoms with Gasteiger partial charge in [0.1, 0.15) is 6.29 Å². The van der Waals surface area contributed by atoms with Crippen LogP contribution in [0.15, 0.2) is 18.2 Å². The minimum Gasteiger partial charge on any atom is -0.303 e. The molecule has 0 spiro atoms. The fourth-order valence-corrected chi connectivity index (χ4v) is 2.23. The number of carbonyl (C=O) groups is 1. The number of hydrogen-bond donors (Lipinski definition) is 0. The van der Waals surface area contributed by atoms with Crippen LogP contribution in [-0.2, 0) is 16.5 Å². The van der Waals surface area contributed by atoms with E-state index in [9.17, 15) is 4.79 Å². The second-order valence-electron chi connectivity index (χ2n) is 3.40. The summed E-state index contributed by atoms with van der Waals surface area (Å²) in [4.78, 5) is 10.8. The second-order valence-corrected chi connectivity index (χ2v) is 3.96. The lowest BCUT2D eigenvalue weighted by molar-refractivity contribution is -0.108. The van der Waals surface area contributed by atoms with Gasteiger partial charge >= 0.3 is 0 Å². The fraction of sp³-hybridized carbons (Fsp3) is 0.417. The average Bonchev–Trinajstić information content (AvgIpc) is 2.26. The third-order valence-corrected chi connectivity index (χ3v) is 3.08. The lowest BCUT2D eigenvalue weighted by Crippen LogP contribution is -2.03. The van der Waals surface area contributed by atoms with Gasteiger partial charge < -0.3 is 4.79 Å². The van der Waals surface area contributed by atoms with Crippen molar-refractivity contribution in [1.29, 1.82) is 0 Å². The van der Waals surface area contributed by atoms with Crippen molar-refractivity contribution in [3.05, 3.63) is 34.9 Å².